The molecule has 1 aliphatic rings. The van der Waals surface area contributed by atoms with Crippen LogP contribution in [0.5, 0.6) is 0 Å². The summed E-state index contributed by atoms with van der Waals surface area (Å²) < 4.78 is 7.76. The Kier molecular flexibility index (Phi) is 4.66. The quantitative estimate of drug-likeness (QED) is 0.898. The largest absolute Gasteiger partial charge is 0.372 e. The Labute approximate surface area is 120 Å². The molecule has 2 N–H and O–H groups in total. The summed E-state index contributed by atoms with van der Waals surface area (Å²) in [6.45, 7) is 6.30. The van der Waals surface area contributed by atoms with Gasteiger partial charge < -0.3 is 15.0 Å². The summed E-state index contributed by atoms with van der Waals surface area (Å²) in [6.07, 6.45) is 6.12. The van der Waals surface area contributed by atoms with Gasteiger partial charge in [0.15, 0.2) is 0 Å². The second kappa shape index (κ2) is 6.10. The predicted octanol–water partition coefficient (Wildman–Crippen LogP) is 2.16. The molecule has 0 saturated heterocycles. The summed E-state index contributed by atoms with van der Waals surface area (Å²) >= 11 is 0. The van der Waals surface area contributed by atoms with Gasteiger partial charge in [-0.2, -0.15) is 0 Å². The van der Waals surface area contributed by atoms with Crippen LogP contribution in [0.2, 0.25) is 0 Å². The number of hydrogen-bond donors (Lipinski definition) is 1. The lowest BCUT2D eigenvalue weighted by atomic mass is 9.71. The standard InChI is InChI=1S/C16H26N2O2/c1-15(2)6-8-16(13-17,9-7-15)20-12-11-18-10-4-3-5-14(18)19/h3-5,10H,6-9,11-13,17H2,1-2H3. The first kappa shape index (κ1) is 15.3. The molecule has 0 unspecified atom stereocenters. The third-order valence-corrected chi connectivity index (χ3v) is 4.53. The molecule has 112 valence electrons. The van der Waals surface area contributed by atoms with Crippen molar-refractivity contribution in [3.8, 4) is 0 Å². The van der Waals surface area contributed by atoms with E-state index in [1.54, 1.807) is 22.9 Å². The molecule has 1 fully saturated rings. The molecule has 0 amide bonds. The highest BCUT2D eigenvalue weighted by molar-refractivity contribution is 4.94. The molecule has 20 heavy (non-hydrogen) atoms. The molecule has 0 bridgehead atoms. The molecular formula is C16H26N2O2. The number of nitrogens with two attached hydrogens (primary N) is 1. The van der Waals surface area contributed by atoms with Gasteiger partial charge in [0.2, 0.25) is 0 Å². The van der Waals surface area contributed by atoms with Gasteiger partial charge in [0, 0.05) is 25.4 Å². The summed E-state index contributed by atoms with van der Waals surface area (Å²) in [6, 6.07) is 5.19. The fraction of sp³-hybridized carbons (Fsp3) is 0.688. The van der Waals surface area contributed by atoms with Crippen LogP contribution in [0.15, 0.2) is 29.2 Å². The van der Waals surface area contributed by atoms with Crippen molar-refractivity contribution < 1.29 is 4.74 Å². The lowest BCUT2D eigenvalue weighted by molar-refractivity contribution is -0.0836. The highest BCUT2D eigenvalue weighted by Gasteiger charge is 2.38. The van der Waals surface area contributed by atoms with Gasteiger partial charge in [-0.25, -0.2) is 0 Å². The Morgan fingerprint density at radius 1 is 1.25 bits per heavy atom. The Morgan fingerprint density at radius 3 is 2.55 bits per heavy atom. The Hall–Kier alpha value is -1.13. The first-order chi connectivity index (χ1) is 9.46. The maximum absolute atomic E-state index is 11.6. The average Bonchev–Trinajstić information content (AvgIpc) is 2.43. The number of pyridine rings is 1. The summed E-state index contributed by atoms with van der Waals surface area (Å²) in [4.78, 5) is 11.6. The highest BCUT2D eigenvalue weighted by Crippen LogP contribution is 2.41. The Bertz CT molecular complexity index is 483. The minimum absolute atomic E-state index is 0.0164. The van der Waals surface area contributed by atoms with E-state index in [1.165, 1.54) is 0 Å². The average molecular weight is 278 g/mol. The molecule has 0 atom stereocenters. The zero-order valence-electron chi connectivity index (χ0n) is 12.6. The SMILES string of the molecule is CC1(C)CCC(CN)(OCCn2ccccc2=O)CC1. The highest BCUT2D eigenvalue weighted by atomic mass is 16.5. The van der Waals surface area contributed by atoms with Crippen LogP contribution in [-0.2, 0) is 11.3 Å². The fourth-order valence-corrected chi connectivity index (χ4v) is 2.80. The lowest BCUT2D eigenvalue weighted by Gasteiger charge is -2.42. The fourth-order valence-electron chi connectivity index (χ4n) is 2.80. The first-order valence-corrected chi connectivity index (χ1v) is 7.46. The third kappa shape index (κ3) is 3.70. The second-order valence-corrected chi connectivity index (χ2v) is 6.63. The molecule has 1 aromatic rings. The van der Waals surface area contributed by atoms with Crippen molar-refractivity contribution in [2.24, 2.45) is 11.1 Å². The maximum Gasteiger partial charge on any atom is 0.250 e. The van der Waals surface area contributed by atoms with Crippen molar-refractivity contribution in [2.45, 2.75) is 51.7 Å². The van der Waals surface area contributed by atoms with Crippen LogP contribution in [0, 0.1) is 5.41 Å². The molecule has 0 radical (unpaired) electrons. The summed E-state index contributed by atoms with van der Waals surface area (Å²) in [5, 5.41) is 0. The van der Waals surface area contributed by atoms with E-state index in [0.29, 0.717) is 25.1 Å². The van der Waals surface area contributed by atoms with E-state index >= 15 is 0 Å². The van der Waals surface area contributed by atoms with Crippen LogP contribution in [0.3, 0.4) is 0 Å². The van der Waals surface area contributed by atoms with Gasteiger partial charge in [0.25, 0.3) is 5.56 Å². The van der Waals surface area contributed by atoms with Crippen molar-refractivity contribution in [3.05, 3.63) is 34.7 Å². The molecule has 0 spiro atoms. The van der Waals surface area contributed by atoms with Gasteiger partial charge in [-0.3, -0.25) is 4.79 Å². The summed E-state index contributed by atoms with van der Waals surface area (Å²) in [7, 11) is 0. The minimum atomic E-state index is -0.187. The van der Waals surface area contributed by atoms with E-state index in [4.69, 9.17) is 10.5 Å². The van der Waals surface area contributed by atoms with Crippen LogP contribution < -0.4 is 11.3 Å². The van der Waals surface area contributed by atoms with Crippen molar-refractivity contribution in [1.82, 2.24) is 4.57 Å². The van der Waals surface area contributed by atoms with Gasteiger partial charge in [-0.05, 0) is 37.2 Å². The maximum atomic E-state index is 11.6. The van der Waals surface area contributed by atoms with Crippen LogP contribution in [-0.4, -0.2) is 23.3 Å². The summed E-state index contributed by atoms with van der Waals surface area (Å²) in [5.74, 6) is 0. The van der Waals surface area contributed by atoms with Crippen molar-refractivity contribution in [3.63, 3.8) is 0 Å². The Morgan fingerprint density at radius 2 is 1.95 bits per heavy atom. The van der Waals surface area contributed by atoms with E-state index in [1.807, 2.05) is 6.07 Å². The lowest BCUT2D eigenvalue weighted by Crippen LogP contribution is -2.46. The zero-order valence-corrected chi connectivity index (χ0v) is 12.6. The molecule has 0 aliphatic heterocycles. The van der Waals surface area contributed by atoms with Gasteiger partial charge >= 0.3 is 0 Å². The van der Waals surface area contributed by atoms with E-state index in [-0.39, 0.29) is 11.2 Å². The molecule has 0 aromatic carbocycles. The number of rotatable bonds is 5. The summed E-state index contributed by atoms with van der Waals surface area (Å²) in [5.41, 5.74) is 6.17. The monoisotopic (exact) mass is 278 g/mol. The van der Waals surface area contributed by atoms with E-state index in [0.717, 1.165) is 25.7 Å². The minimum Gasteiger partial charge on any atom is -0.372 e. The van der Waals surface area contributed by atoms with Crippen LogP contribution >= 0.6 is 0 Å². The molecule has 1 aromatic heterocycles. The van der Waals surface area contributed by atoms with Gasteiger partial charge in [-0.15, -0.1) is 0 Å². The van der Waals surface area contributed by atoms with Crippen molar-refractivity contribution in [1.29, 1.82) is 0 Å². The number of hydrogen-bond acceptors (Lipinski definition) is 3. The van der Waals surface area contributed by atoms with Crippen molar-refractivity contribution >= 4 is 0 Å². The van der Waals surface area contributed by atoms with Gasteiger partial charge in [0.1, 0.15) is 0 Å². The van der Waals surface area contributed by atoms with E-state index < -0.39 is 0 Å². The van der Waals surface area contributed by atoms with E-state index in [9.17, 15) is 4.79 Å². The molecule has 1 saturated carbocycles. The van der Waals surface area contributed by atoms with E-state index in [2.05, 4.69) is 13.8 Å². The zero-order chi connectivity index (χ0) is 14.6. The van der Waals surface area contributed by atoms with Gasteiger partial charge in [0.05, 0.1) is 12.2 Å². The normalized spacial score (nSPS) is 20.8. The topological polar surface area (TPSA) is 57.2 Å². The van der Waals surface area contributed by atoms with Crippen LogP contribution in [0.25, 0.3) is 0 Å². The first-order valence-electron chi connectivity index (χ1n) is 7.46. The predicted molar refractivity (Wildman–Crippen MR) is 80.7 cm³/mol. The molecule has 2 rings (SSSR count). The molecular weight excluding hydrogens is 252 g/mol. The molecule has 1 aliphatic carbocycles. The van der Waals surface area contributed by atoms with Crippen LogP contribution in [0.4, 0.5) is 0 Å². The number of nitrogens with zero attached hydrogens (tertiary/aromatic N) is 1. The van der Waals surface area contributed by atoms with Crippen molar-refractivity contribution in [2.75, 3.05) is 13.2 Å². The van der Waals surface area contributed by atoms with Crippen LogP contribution in [0.1, 0.15) is 39.5 Å². The molecule has 4 nitrogen and oxygen atoms in total. The number of aromatic nitrogens is 1. The smallest absolute Gasteiger partial charge is 0.250 e. The number of ether oxygens (including phenoxy) is 1. The third-order valence-electron chi connectivity index (χ3n) is 4.53. The molecule has 1 heterocycles. The van der Waals surface area contributed by atoms with Gasteiger partial charge in [-0.1, -0.05) is 19.9 Å². The second-order valence-electron chi connectivity index (χ2n) is 6.63. The molecule has 4 heteroatoms. The Balaban J connectivity index is 1.89.